The zero-order chi connectivity index (χ0) is 14.1. The molecule has 0 fully saturated rings. The van der Waals surface area contributed by atoms with Gasteiger partial charge in [0.15, 0.2) is 5.82 Å². The normalized spacial score (nSPS) is 13.9. The number of hydrogen-bond donors (Lipinski definition) is 2. The van der Waals surface area contributed by atoms with Gasteiger partial charge >= 0.3 is 0 Å². The smallest absolute Gasteiger partial charge is 0.154 e. The number of aromatic nitrogens is 1. The summed E-state index contributed by atoms with van der Waals surface area (Å²) in [5.74, 6) is 1.35. The molecule has 100 valence electrons. The second-order valence-electron chi connectivity index (χ2n) is 3.89. The molecule has 0 bridgehead atoms. The molecule has 0 aliphatic carbocycles. The van der Waals surface area contributed by atoms with Crippen molar-refractivity contribution in [1.29, 1.82) is 0 Å². The highest BCUT2D eigenvalue weighted by molar-refractivity contribution is 5.95. The highest BCUT2D eigenvalue weighted by atomic mass is 15.0. The fourth-order valence-corrected chi connectivity index (χ4v) is 1.38. The summed E-state index contributed by atoms with van der Waals surface area (Å²) in [4.78, 5) is 8.59. The van der Waals surface area contributed by atoms with Crippen molar-refractivity contribution >= 4 is 11.7 Å². The molecule has 0 aliphatic heterocycles. The van der Waals surface area contributed by atoms with E-state index in [1.54, 1.807) is 6.20 Å². The van der Waals surface area contributed by atoms with E-state index in [1.807, 2.05) is 63.3 Å². The summed E-state index contributed by atoms with van der Waals surface area (Å²) in [5, 5.41) is 3.18. The van der Waals surface area contributed by atoms with Crippen LogP contribution < -0.4 is 11.1 Å². The van der Waals surface area contributed by atoms with Crippen molar-refractivity contribution in [3.63, 3.8) is 0 Å². The van der Waals surface area contributed by atoms with E-state index in [9.17, 15) is 0 Å². The Morgan fingerprint density at radius 2 is 2.00 bits per heavy atom. The van der Waals surface area contributed by atoms with Gasteiger partial charge in [0.25, 0.3) is 0 Å². The van der Waals surface area contributed by atoms with E-state index in [-0.39, 0.29) is 0 Å². The molecule has 0 unspecified atom stereocenters. The van der Waals surface area contributed by atoms with Crippen LogP contribution >= 0.6 is 0 Å². The fourth-order valence-electron chi connectivity index (χ4n) is 1.38. The van der Waals surface area contributed by atoms with E-state index < -0.39 is 0 Å². The second kappa shape index (κ2) is 7.87. The summed E-state index contributed by atoms with van der Waals surface area (Å²) in [7, 11) is 0. The molecule has 0 spiro atoms. The highest BCUT2D eigenvalue weighted by Gasteiger charge is 1.99. The van der Waals surface area contributed by atoms with E-state index in [0.717, 1.165) is 5.70 Å². The van der Waals surface area contributed by atoms with Crippen LogP contribution in [0.1, 0.15) is 20.8 Å². The third-order valence-corrected chi connectivity index (χ3v) is 2.30. The highest BCUT2D eigenvalue weighted by Crippen LogP contribution is 2.06. The maximum absolute atomic E-state index is 5.90. The van der Waals surface area contributed by atoms with Crippen molar-refractivity contribution in [2.45, 2.75) is 20.8 Å². The minimum atomic E-state index is 0.653. The van der Waals surface area contributed by atoms with Gasteiger partial charge in [-0.15, -0.1) is 0 Å². The number of nitrogens with zero attached hydrogens (tertiary/aromatic N) is 2. The molecule has 0 aliphatic rings. The molecule has 1 aromatic heterocycles. The molecule has 4 nitrogen and oxygen atoms in total. The SMILES string of the molecule is C/C=C\C(=Nc1ccccn1)N/C(C)=C(N)/C=C\C. The number of pyridine rings is 1. The van der Waals surface area contributed by atoms with Crippen molar-refractivity contribution in [1.82, 2.24) is 10.3 Å². The average Bonchev–Trinajstić information content (AvgIpc) is 2.40. The van der Waals surface area contributed by atoms with Crippen LogP contribution in [0.15, 0.2) is 65.1 Å². The molecular formula is C15H20N4. The Morgan fingerprint density at radius 3 is 2.58 bits per heavy atom. The standard InChI is InChI=1S/C15H20N4/c1-4-8-13(16)12(3)18-15(9-5-2)19-14-10-6-7-11-17-14/h4-11H,16H2,1-3H3,(H,17,18,19)/b8-4-,9-5-,13-12-. The van der Waals surface area contributed by atoms with Crippen LogP contribution in [-0.4, -0.2) is 10.8 Å². The van der Waals surface area contributed by atoms with Crippen LogP contribution in [0.3, 0.4) is 0 Å². The lowest BCUT2D eigenvalue weighted by Crippen LogP contribution is -2.22. The quantitative estimate of drug-likeness (QED) is 0.494. The Labute approximate surface area is 114 Å². The molecule has 0 aromatic carbocycles. The fraction of sp³-hybridized carbons (Fsp3) is 0.200. The maximum atomic E-state index is 5.90. The van der Waals surface area contributed by atoms with Crippen molar-refractivity contribution in [2.24, 2.45) is 10.7 Å². The molecule has 4 heteroatoms. The average molecular weight is 256 g/mol. The Kier molecular flexibility index (Phi) is 6.09. The molecule has 0 saturated carbocycles. The first kappa shape index (κ1) is 14.7. The van der Waals surface area contributed by atoms with E-state index >= 15 is 0 Å². The second-order valence-corrected chi connectivity index (χ2v) is 3.89. The number of nitrogens with one attached hydrogen (secondary N) is 1. The minimum Gasteiger partial charge on any atom is -0.397 e. The van der Waals surface area contributed by atoms with Crippen molar-refractivity contribution < 1.29 is 0 Å². The molecule has 19 heavy (non-hydrogen) atoms. The van der Waals surface area contributed by atoms with Crippen LogP contribution in [0.4, 0.5) is 5.82 Å². The third-order valence-electron chi connectivity index (χ3n) is 2.30. The third kappa shape index (κ3) is 5.21. The first-order chi connectivity index (χ1) is 9.17. The van der Waals surface area contributed by atoms with Gasteiger partial charge in [-0.05, 0) is 45.1 Å². The van der Waals surface area contributed by atoms with Gasteiger partial charge in [0, 0.05) is 11.9 Å². The first-order valence-electron chi connectivity index (χ1n) is 6.16. The van der Waals surface area contributed by atoms with Gasteiger partial charge in [-0.25, -0.2) is 9.98 Å². The summed E-state index contributed by atoms with van der Waals surface area (Å²) in [6.07, 6.45) is 9.24. The Bertz CT molecular complexity index is 510. The van der Waals surface area contributed by atoms with Crippen LogP contribution in [0.2, 0.25) is 0 Å². The summed E-state index contributed by atoms with van der Waals surface area (Å²) >= 11 is 0. The largest absolute Gasteiger partial charge is 0.397 e. The monoisotopic (exact) mass is 256 g/mol. The predicted octanol–water partition coefficient (Wildman–Crippen LogP) is 3.04. The topological polar surface area (TPSA) is 63.3 Å². The van der Waals surface area contributed by atoms with Crippen molar-refractivity contribution in [3.05, 3.63) is 60.1 Å². The molecule has 0 amide bonds. The van der Waals surface area contributed by atoms with Crippen molar-refractivity contribution in [3.8, 4) is 0 Å². The number of allylic oxidation sites excluding steroid dienone is 4. The number of hydrogen-bond acceptors (Lipinski definition) is 3. The van der Waals surface area contributed by atoms with Gasteiger partial charge in [-0.3, -0.25) is 0 Å². The Hall–Kier alpha value is -2.36. The predicted molar refractivity (Wildman–Crippen MR) is 81.0 cm³/mol. The molecular weight excluding hydrogens is 236 g/mol. The molecule has 1 aromatic rings. The summed E-state index contributed by atoms with van der Waals surface area (Å²) in [5.41, 5.74) is 7.44. The maximum Gasteiger partial charge on any atom is 0.154 e. The Morgan fingerprint density at radius 1 is 1.26 bits per heavy atom. The van der Waals surface area contributed by atoms with E-state index in [0.29, 0.717) is 17.4 Å². The van der Waals surface area contributed by atoms with E-state index in [2.05, 4.69) is 15.3 Å². The number of rotatable bonds is 4. The zero-order valence-electron chi connectivity index (χ0n) is 11.6. The summed E-state index contributed by atoms with van der Waals surface area (Å²) in [6.45, 7) is 5.77. The lowest BCUT2D eigenvalue weighted by atomic mass is 10.3. The number of amidine groups is 1. The summed E-state index contributed by atoms with van der Waals surface area (Å²) < 4.78 is 0. The zero-order valence-corrected chi connectivity index (χ0v) is 11.6. The van der Waals surface area contributed by atoms with Gasteiger partial charge < -0.3 is 11.1 Å². The molecule has 0 saturated heterocycles. The molecule has 3 N–H and O–H groups in total. The van der Waals surface area contributed by atoms with E-state index in [4.69, 9.17) is 5.73 Å². The molecule has 1 rings (SSSR count). The summed E-state index contributed by atoms with van der Waals surface area (Å²) in [6, 6.07) is 5.60. The van der Waals surface area contributed by atoms with E-state index in [1.165, 1.54) is 0 Å². The van der Waals surface area contributed by atoms with Crippen LogP contribution in [0.5, 0.6) is 0 Å². The molecule has 1 heterocycles. The van der Waals surface area contributed by atoms with Crippen LogP contribution in [0, 0.1) is 0 Å². The lowest BCUT2D eigenvalue weighted by Gasteiger charge is -2.08. The molecule has 0 atom stereocenters. The van der Waals surface area contributed by atoms with Gasteiger partial charge in [-0.1, -0.05) is 18.2 Å². The van der Waals surface area contributed by atoms with Gasteiger partial charge in [-0.2, -0.15) is 0 Å². The van der Waals surface area contributed by atoms with Gasteiger partial charge in [0.05, 0.1) is 5.70 Å². The Balaban J connectivity index is 2.97. The number of aliphatic imine (C=N–C) groups is 1. The lowest BCUT2D eigenvalue weighted by molar-refractivity contribution is 1.07. The minimum absolute atomic E-state index is 0.653. The molecule has 0 radical (unpaired) electrons. The van der Waals surface area contributed by atoms with Crippen molar-refractivity contribution in [2.75, 3.05) is 0 Å². The van der Waals surface area contributed by atoms with Gasteiger partial charge in [0.2, 0.25) is 0 Å². The van der Waals surface area contributed by atoms with Crippen LogP contribution in [0.25, 0.3) is 0 Å². The number of nitrogens with two attached hydrogens (primary N) is 1. The van der Waals surface area contributed by atoms with Crippen LogP contribution in [-0.2, 0) is 0 Å². The first-order valence-corrected chi connectivity index (χ1v) is 6.16. The van der Waals surface area contributed by atoms with Gasteiger partial charge in [0.1, 0.15) is 5.84 Å².